The first kappa shape index (κ1) is 14.5. The summed E-state index contributed by atoms with van der Waals surface area (Å²) in [5.41, 5.74) is 2.81. The van der Waals surface area contributed by atoms with E-state index >= 15 is 0 Å². The lowest BCUT2D eigenvalue weighted by Gasteiger charge is -2.09. The molecular formula is C14H21N5O. The number of aliphatic hydroxyl groups is 1. The third-order valence-corrected chi connectivity index (χ3v) is 2.79. The first-order valence-electron chi connectivity index (χ1n) is 6.80. The van der Waals surface area contributed by atoms with E-state index in [1.165, 1.54) is 0 Å². The number of nitrogens with zero attached hydrogens (tertiary/aromatic N) is 4. The van der Waals surface area contributed by atoms with Crippen molar-refractivity contribution in [3.63, 3.8) is 0 Å². The molecule has 0 aliphatic rings. The van der Waals surface area contributed by atoms with Gasteiger partial charge in [-0.15, -0.1) is 0 Å². The van der Waals surface area contributed by atoms with Gasteiger partial charge >= 0.3 is 0 Å². The highest BCUT2D eigenvalue weighted by molar-refractivity contribution is 5.59. The minimum Gasteiger partial charge on any atom is -0.395 e. The van der Waals surface area contributed by atoms with Crippen molar-refractivity contribution in [1.29, 1.82) is 0 Å². The number of aryl methyl sites for hydroxylation is 1. The fourth-order valence-corrected chi connectivity index (χ4v) is 1.97. The number of hydrogen-bond acceptors (Lipinski definition) is 5. The summed E-state index contributed by atoms with van der Waals surface area (Å²) < 4.78 is 1.75. The van der Waals surface area contributed by atoms with Gasteiger partial charge in [0.15, 0.2) is 0 Å². The fraction of sp³-hybridized carbons (Fsp3) is 0.500. The Morgan fingerprint density at radius 2 is 2.15 bits per heavy atom. The molecule has 0 aliphatic carbocycles. The molecule has 2 heterocycles. The van der Waals surface area contributed by atoms with E-state index < -0.39 is 0 Å². The van der Waals surface area contributed by atoms with Crippen molar-refractivity contribution in [2.45, 2.75) is 20.3 Å². The van der Waals surface area contributed by atoms with E-state index in [1.807, 2.05) is 19.3 Å². The smallest absolute Gasteiger partial charge is 0.223 e. The van der Waals surface area contributed by atoms with Crippen LogP contribution in [0.4, 0.5) is 5.95 Å². The van der Waals surface area contributed by atoms with Crippen molar-refractivity contribution in [2.24, 2.45) is 13.0 Å². The van der Waals surface area contributed by atoms with Gasteiger partial charge in [0.05, 0.1) is 18.5 Å². The molecule has 0 spiro atoms. The topological polar surface area (TPSA) is 75.9 Å². The zero-order chi connectivity index (χ0) is 14.5. The van der Waals surface area contributed by atoms with Crippen LogP contribution in [0, 0.1) is 5.92 Å². The van der Waals surface area contributed by atoms with Gasteiger partial charge in [0, 0.05) is 31.0 Å². The fourth-order valence-electron chi connectivity index (χ4n) is 1.97. The summed E-state index contributed by atoms with van der Waals surface area (Å²) in [7, 11) is 1.88. The van der Waals surface area contributed by atoms with E-state index in [-0.39, 0.29) is 6.61 Å². The second-order valence-corrected chi connectivity index (χ2v) is 5.22. The van der Waals surface area contributed by atoms with Crippen molar-refractivity contribution in [3.8, 4) is 11.3 Å². The van der Waals surface area contributed by atoms with Crippen molar-refractivity contribution < 1.29 is 5.11 Å². The standard InChI is InChI=1S/C14H21N5O/c1-10(2)6-12-7-13(11-8-16-19(3)9-11)18-14(17-12)15-4-5-20/h7-10,20H,4-6H2,1-3H3,(H,15,17,18). The molecule has 0 saturated heterocycles. The molecule has 2 aromatic rings. The van der Waals surface area contributed by atoms with Crippen LogP contribution in [0.2, 0.25) is 0 Å². The Kier molecular flexibility index (Phi) is 4.68. The molecule has 6 heteroatoms. The maximum Gasteiger partial charge on any atom is 0.223 e. The molecule has 0 aromatic carbocycles. The summed E-state index contributed by atoms with van der Waals surface area (Å²) in [6.07, 6.45) is 4.61. The lowest BCUT2D eigenvalue weighted by atomic mass is 10.1. The second-order valence-electron chi connectivity index (χ2n) is 5.22. The molecule has 0 fully saturated rings. The van der Waals surface area contributed by atoms with Gasteiger partial charge in [-0.05, 0) is 18.4 Å². The predicted molar refractivity (Wildman–Crippen MR) is 78.4 cm³/mol. The minimum atomic E-state index is 0.0555. The third kappa shape index (κ3) is 3.77. The van der Waals surface area contributed by atoms with Crippen LogP contribution in [0.15, 0.2) is 18.5 Å². The van der Waals surface area contributed by atoms with Crippen molar-refractivity contribution in [3.05, 3.63) is 24.2 Å². The molecule has 0 radical (unpaired) electrons. The Hall–Kier alpha value is -1.95. The first-order chi connectivity index (χ1) is 9.58. The van der Waals surface area contributed by atoms with Crippen LogP contribution in [-0.4, -0.2) is 38.0 Å². The quantitative estimate of drug-likeness (QED) is 0.835. The van der Waals surface area contributed by atoms with E-state index in [4.69, 9.17) is 5.11 Å². The summed E-state index contributed by atoms with van der Waals surface area (Å²) in [5.74, 6) is 1.08. The van der Waals surface area contributed by atoms with Crippen LogP contribution in [0.5, 0.6) is 0 Å². The van der Waals surface area contributed by atoms with Crippen LogP contribution in [0.25, 0.3) is 11.3 Å². The lowest BCUT2D eigenvalue weighted by Crippen LogP contribution is -2.11. The SMILES string of the molecule is CC(C)Cc1cc(-c2cnn(C)c2)nc(NCCO)n1. The monoisotopic (exact) mass is 275 g/mol. The molecule has 0 amide bonds. The number of anilines is 1. The van der Waals surface area contributed by atoms with Crippen LogP contribution in [-0.2, 0) is 13.5 Å². The van der Waals surface area contributed by atoms with Crippen molar-refractivity contribution >= 4 is 5.95 Å². The first-order valence-corrected chi connectivity index (χ1v) is 6.80. The lowest BCUT2D eigenvalue weighted by molar-refractivity contribution is 0.311. The van der Waals surface area contributed by atoms with Gasteiger partial charge in [-0.2, -0.15) is 5.10 Å². The average Bonchev–Trinajstić information content (AvgIpc) is 2.82. The molecule has 2 aromatic heterocycles. The molecule has 2 rings (SSSR count). The van der Waals surface area contributed by atoms with Gasteiger partial charge in [-0.3, -0.25) is 4.68 Å². The zero-order valence-electron chi connectivity index (χ0n) is 12.2. The summed E-state index contributed by atoms with van der Waals surface area (Å²) >= 11 is 0. The summed E-state index contributed by atoms with van der Waals surface area (Å²) in [5, 5.41) is 16.1. The van der Waals surface area contributed by atoms with E-state index in [0.717, 1.165) is 23.4 Å². The molecule has 6 nitrogen and oxygen atoms in total. The molecule has 108 valence electrons. The number of nitrogens with one attached hydrogen (secondary N) is 1. The van der Waals surface area contributed by atoms with Crippen molar-refractivity contribution in [2.75, 3.05) is 18.5 Å². The van der Waals surface area contributed by atoms with Crippen LogP contribution in [0.1, 0.15) is 19.5 Å². The normalized spacial score (nSPS) is 11.1. The number of aromatic nitrogens is 4. The number of hydrogen-bond donors (Lipinski definition) is 2. The molecule has 0 aliphatic heterocycles. The van der Waals surface area contributed by atoms with Gasteiger partial charge in [0.25, 0.3) is 0 Å². The zero-order valence-corrected chi connectivity index (χ0v) is 12.2. The molecule has 0 atom stereocenters. The Labute approximate surface area is 118 Å². The molecule has 0 saturated carbocycles. The molecular weight excluding hydrogens is 254 g/mol. The van der Waals surface area contributed by atoms with Crippen LogP contribution >= 0.6 is 0 Å². The van der Waals surface area contributed by atoms with Gasteiger partial charge in [-0.1, -0.05) is 13.8 Å². The highest BCUT2D eigenvalue weighted by Gasteiger charge is 2.09. The van der Waals surface area contributed by atoms with E-state index in [9.17, 15) is 0 Å². The minimum absolute atomic E-state index is 0.0555. The Balaban J connectivity index is 2.34. The number of rotatable bonds is 6. The van der Waals surface area contributed by atoms with Crippen LogP contribution < -0.4 is 5.32 Å². The third-order valence-electron chi connectivity index (χ3n) is 2.79. The Morgan fingerprint density at radius 3 is 2.75 bits per heavy atom. The molecule has 2 N–H and O–H groups in total. The Bertz CT molecular complexity index is 564. The highest BCUT2D eigenvalue weighted by Crippen LogP contribution is 2.20. The van der Waals surface area contributed by atoms with E-state index in [0.29, 0.717) is 18.4 Å². The van der Waals surface area contributed by atoms with Crippen LogP contribution in [0.3, 0.4) is 0 Å². The maximum absolute atomic E-state index is 8.90. The predicted octanol–water partition coefficient (Wildman–Crippen LogP) is 1.48. The van der Waals surface area contributed by atoms with Gasteiger partial charge in [0.2, 0.25) is 5.95 Å². The second kappa shape index (κ2) is 6.47. The van der Waals surface area contributed by atoms with Gasteiger partial charge in [-0.25, -0.2) is 9.97 Å². The van der Waals surface area contributed by atoms with Gasteiger partial charge in [0.1, 0.15) is 0 Å². The van der Waals surface area contributed by atoms with Crippen molar-refractivity contribution in [1.82, 2.24) is 19.7 Å². The van der Waals surface area contributed by atoms with Gasteiger partial charge < -0.3 is 10.4 Å². The summed E-state index contributed by atoms with van der Waals surface area (Å²) in [6.45, 7) is 4.82. The molecule has 20 heavy (non-hydrogen) atoms. The average molecular weight is 275 g/mol. The molecule has 0 bridgehead atoms. The maximum atomic E-state index is 8.90. The largest absolute Gasteiger partial charge is 0.395 e. The van der Waals surface area contributed by atoms with E-state index in [2.05, 4.69) is 34.2 Å². The summed E-state index contributed by atoms with van der Waals surface area (Å²) in [6, 6.07) is 2.00. The number of aliphatic hydroxyl groups excluding tert-OH is 1. The molecule has 0 unspecified atom stereocenters. The Morgan fingerprint density at radius 1 is 1.35 bits per heavy atom. The highest BCUT2D eigenvalue weighted by atomic mass is 16.3. The summed E-state index contributed by atoms with van der Waals surface area (Å²) in [4.78, 5) is 8.96. The van der Waals surface area contributed by atoms with E-state index in [1.54, 1.807) is 10.9 Å².